The number of rotatable bonds is 1. The predicted molar refractivity (Wildman–Crippen MR) is 47.1 cm³/mol. The van der Waals surface area contributed by atoms with E-state index in [1.807, 2.05) is 6.92 Å². The minimum Gasteiger partial charge on any atom is -0.298 e. The van der Waals surface area contributed by atoms with Crippen molar-refractivity contribution in [2.24, 2.45) is 0 Å². The largest absolute Gasteiger partial charge is 0.298 e. The van der Waals surface area contributed by atoms with Crippen LogP contribution in [-0.2, 0) is 27.9 Å². The summed E-state index contributed by atoms with van der Waals surface area (Å²) in [4.78, 5) is 11.4. The minimum absolute atomic E-state index is 0.0232. The van der Waals surface area contributed by atoms with Gasteiger partial charge >= 0.3 is 0 Å². The Hall–Kier alpha value is -1.04. The quantitative estimate of drug-likeness (QED) is 0.675. The maximum Gasteiger partial charge on any atom is 0.270 e. The first-order valence-corrected chi connectivity index (χ1v) is 5.86. The highest BCUT2D eigenvalue weighted by atomic mass is 32.2. The zero-order valence-corrected chi connectivity index (χ0v) is 8.02. The van der Waals surface area contributed by atoms with Gasteiger partial charge in [-0.3, -0.25) is 14.6 Å². The van der Waals surface area contributed by atoms with Gasteiger partial charge in [-0.05, 0) is 6.92 Å². The predicted octanol–water partition coefficient (Wildman–Crippen LogP) is -0.375. The molecule has 0 atom stereocenters. The molecule has 0 radical (unpaired) electrons. The lowest BCUT2D eigenvalue weighted by molar-refractivity contribution is 0.592. The van der Waals surface area contributed by atoms with E-state index in [9.17, 15) is 13.2 Å². The van der Waals surface area contributed by atoms with E-state index >= 15 is 0 Å². The standard InChI is InChI=1S/C7H10N2O3S/c1-2-9-7(10)5-3-13(11,12)4-6(5)8-9/h8H,2-4H2,1H3. The van der Waals surface area contributed by atoms with E-state index in [0.29, 0.717) is 17.8 Å². The number of sulfone groups is 1. The lowest BCUT2D eigenvalue weighted by Gasteiger charge is -1.95. The minimum atomic E-state index is -3.05. The van der Waals surface area contributed by atoms with Crippen LogP contribution in [0.3, 0.4) is 0 Å². The fraction of sp³-hybridized carbons (Fsp3) is 0.571. The van der Waals surface area contributed by atoms with Crippen molar-refractivity contribution >= 4 is 9.84 Å². The molecule has 1 aliphatic rings. The molecule has 0 saturated heterocycles. The number of nitrogens with one attached hydrogen (secondary N) is 1. The summed E-state index contributed by atoms with van der Waals surface area (Å²) in [6, 6.07) is 0. The molecule has 5 nitrogen and oxygen atoms in total. The Morgan fingerprint density at radius 2 is 2.15 bits per heavy atom. The summed E-state index contributed by atoms with van der Waals surface area (Å²) in [5.74, 6) is -0.130. The van der Waals surface area contributed by atoms with Gasteiger partial charge < -0.3 is 0 Å². The topological polar surface area (TPSA) is 71.9 Å². The highest BCUT2D eigenvalue weighted by Crippen LogP contribution is 2.19. The number of hydrogen-bond acceptors (Lipinski definition) is 3. The van der Waals surface area contributed by atoms with Gasteiger partial charge in [-0.2, -0.15) is 0 Å². The maximum atomic E-state index is 11.4. The van der Waals surface area contributed by atoms with Crippen LogP contribution in [0.2, 0.25) is 0 Å². The van der Waals surface area contributed by atoms with Crippen molar-refractivity contribution < 1.29 is 8.42 Å². The fourth-order valence-electron chi connectivity index (χ4n) is 1.55. The molecule has 1 aromatic heterocycles. The van der Waals surface area contributed by atoms with E-state index in [1.54, 1.807) is 0 Å². The number of aryl methyl sites for hydroxylation is 1. The number of aromatic nitrogens is 2. The molecule has 72 valence electrons. The first-order chi connectivity index (χ1) is 6.03. The van der Waals surface area contributed by atoms with E-state index in [1.165, 1.54) is 4.68 Å². The molecule has 1 aromatic rings. The van der Waals surface area contributed by atoms with Crippen LogP contribution in [-0.4, -0.2) is 18.2 Å². The highest BCUT2D eigenvalue weighted by molar-refractivity contribution is 7.90. The molecule has 1 aliphatic heterocycles. The van der Waals surface area contributed by atoms with Crippen molar-refractivity contribution in [3.8, 4) is 0 Å². The van der Waals surface area contributed by atoms with E-state index in [4.69, 9.17) is 0 Å². The van der Waals surface area contributed by atoms with E-state index in [-0.39, 0.29) is 17.1 Å². The van der Waals surface area contributed by atoms with Gasteiger partial charge in [0.15, 0.2) is 9.84 Å². The maximum absolute atomic E-state index is 11.4. The molecular weight excluding hydrogens is 192 g/mol. The average Bonchev–Trinajstić information content (AvgIpc) is 2.47. The van der Waals surface area contributed by atoms with Gasteiger partial charge in [0.25, 0.3) is 5.56 Å². The first kappa shape index (κ1) is 8.55. The number of fused-ring (bicyclic) bond motifs is 1. The van der Waals surface area contributed by atoms with Crippen molar-refractivity contribution in [3.63, 3.8) is 0 Å². The van der Waals surface area contributed by atoms with Crippen LogP contribution in [0.15, 0.2) is 4.79 Å². The van der Waals surface area contributed by atoms with Gasteiger partial charge in [0.1, 0.15) is 0 Å². The van der Waals surface area contributed by atoms with Crippen LogP contribution in [0, 0.1) is 0 Å². The van der Waals surface area contributed by atoms with Crippen LogP contribution in [0.25, 0.3) is 0 Å². The van der Waals surface area contributed by atoms with Crippen LogP contribution >= 0.6 is 0 Å². The molecule has 2 heterocycles. The normalized spacial score (nSPS) is 18.8. The van der Waals surface area contributed by atoms with Crippen molar-refractivity contribution in [3.05, 3.63) is 21.6 Å². The molecule has 0 fully saturated rings. The van der Waals surface area contributed by atoms with Crippen LogP contribution < -0.4 is 5.56 Å². The van der Waals surface area contributed by atoms with Gasteiger partial charge in [-0.25, -0.2) is 8.42 Å². The lowest BCUT2D eigenvalue weighted by Crippen LogP contribution is -2.19. The number of hydrogen-bond donors (Lipinski definition) is 1. The second-order valence-corrected chi connectivity index (χ2v) is 5.22. The smallest absolute Gasteiger partial charge is 0.270 e. The summed E-state index contributed by atoms with van der Waals surface area (Å²) in [6.07, 6.45) is 0. The second kappa shape index (κ2) is 2.47. The van der Waals surface area contributed by atoms with Gasteiger partial charge in [0, 0.05) is 6.54 Å². The highest BCUT2D eigenvalue weighted by Gasteiger charge is 2.29. The Bertz CT molecular complexity index is 494. The molecule has 0 unspecified atom stereocenters. The molecule has 0 aliphatic carbocycles. The number of aromatic amines is 1. The molecule has 0 saturated carbocycles. The number of H-pyrrole nitrogens is 1. The summed E-state index contributed by atoms with van der Waals surface area (Å²) in [6.45, 7) is 2.38. The third-order valence-electron chi connectivity index (χ3n) is 2.18. The Kier molecular flexibility index (Phi) is 1.63. The van der Waals surface area contributed by atoms with Crippen LogP contribution in [0.5, 0.6) is 0 Å². The molecule has 0 aromatic carbocycles. The number of nitrogens with zero attached hydrogens (tertiary/aromatic N) is 1. The fourth-order valence-corrected chi connectivity index (χ4v) is 3.07. The molecule has 0 amide bonds. The summed E-state index contributed by atoms with van der Waals surface area (Å²) in [5.41, 5.74) is 0.785. The Labute approximate surface area is 75.3 Å². The van der Waals surface area contributed by atoms with Crippen molar-refractivity contribution in [2.45, 2.75) is 25.0 Å². The third kappa shape index (κ3) is 1.21. The SMILES string of the molecule is CCn1[nH]c2c(c1=O)CS(=O)(=O)C2. The average molecular weight is 202 g/mol. The Balaban J connectivity index is 2.60. The Morgan fingerprint density at radius 1 is 1.46 bits per heavy atom. The molecule has 2 rings (SSSR count). The summed E-state index contributed by atoms with van der Waals surface area (Å²) >= 11 is 0. The molecule has 0 bridgehead atoms. The lowest BCUT2D eigenvalue weighted by atomic mass is 10.3. The van der Waals surface area contributed by atoms with Gasteiger partial charge in [-0.15, -0.1) is 0 Å². The van der Waals surface area contributed by atoms with Crippen molar-refractivity contribution in [1.29, 1.82) is 0 Å². The van der Waals surface area contributed by atoms with E-state index in [2.05, 4.69) is 5.10 Å². The Morgan fingerprint density at radius 3 is 2.69 bits per heavy atom. The van der Waals surface area contributed by atoms with E-state index < -0.39 is 9.84 Å². The summed E-state index contributed by atoms with van der Waals surface area (Å²) < 4.78 is 23.7. The molecular formula is C7H10N2O3S. The molecule has 1 N–H and O–H groups in total. The monoisotopic (exact) mass is 202 g/mol. The van der Waals surface area contributed by atoms with Gasteiger partial charge in [-0.1, -0.05) is 0 Å². The second-order valence-electron chi connectivity index (χ2n) is 3.15. The molecule has 6 heteroatoms. The zero-order valence-electron chi connectivity index (χ0n) is 7.20. The van der Waals surface area contributed by atoms with Gasteiger partial charge in [0.2, 0.25) is 0 Å². The third-order valence-corrected chi connectivity index (χ3v) is 3.64. The van der Waals surface area contributed by atoms with Crippen molar-refractivity contribution in [2.75, 3.05) is 0 Å². The zero-order chi connectivity index (χ0) is 9.64. The van der Waals surface area contributed by atoms with Crippen LogP contribution in [0.4, 0.5) is 0 Å². The van der Waals surface area contributed by atoms with Crippen molar-refractivity contribution in [1.82, 2.24) is 9.78 Å². The summed E-state index contributed by atoms with van der Waals surface area (Å²) in [5, 5.41) is 2.79. The first-order valence-electron chi connectivity index (χ1n) is 4.04. The van der Waals surface area contributed by atoms with Crippen LogP contribution in [0.1, 0.15) is 18.2 Å². The molecule has 13 heavy (non-hydrogen) atoms. The van der Waals surface area contributed by atoms with E-state index in [0.717, 1.165) is 0 Å². The molecule has 0 spiro atoms. The summed E-state index contributed by atoms with van der Waals surface area (Å²) in [7, 11) is -3.05. The van der Waals surface area contributed by atoms with Gasteiger partial charge in [0.05, 0.1) is 22.8 Å².